The Morgan fingerprint density at radius 3 is 1.90 bits per heavy atom. The SMILES string of the molecule is c1ccc(-n2ccc3cc4c5ccccc5n(-c5cccc(N6c7ccccc7Sc7ccccc76)c5)c4cc32)cc1. The molecule has 0 unspecified atom stereocenters. The zero-order valence-electron chi connectivity index (χ0n) is 22.7. The third-order valence-corrected chi connectivity index (χ3v) is 9.43. The fraction of sp³-hybridized carbons (Fsp3) is 0. The first-order valence-corrected chi connectivity index (χ1v) is 15.0. The molecule has 1 aliphatic heterocycles. The molecule has 1 aliphatic rings. The van der Waals surface area contributed by atoms with Crippen molar-refractivity contribution in [2.45, 2.75) is 9.79 Å². The van der Waals surface area contributed by atoms with Gasteiger partial charge in [-0.2, -0.15) is 0 Å². The van der Waals surface area contributed by atoms with Crippen LogP contribution < -0.4 is 4.90 Å². The van der Waals surface area contributed by atoms with Crippen LogP contribution in [0.15, 0.2) is 162 Å². The molecule has 9 rings (SSSR count). The van der Waals surface area contributed by atoms with E-state index in [1.807, 2.05) is 11.8 Å². The van der Waals surface area contributed by atoms with Crippen LogP contribution in [0.1, 0.15) is 0 Å². The molecule has 0 atom stereocenters. The number of fused-ring (bicyclic) bond motifs is 6. The van der Waals surface area contributed by atoms with Crippen LogP contribution in [0.4, 0.5) is 17.1 Å². The Bertz CT molecular complexity index is 2250. The molecule has 0 bridgehead atoms. The van der Waals surface area contributed by atoms with Gasteiger partial charge >= 0.3 is 0 Å². The maximum absolute atomic E-state index is 2.42. The summed E-state index contributed by atoms with van der Waals surface area (Å²) in [6.07, 6.45) is 2.18. The third-order valence-electron chi connectivity index (χ3n) is 8.30. The lowest BCUT2D eigenvalue weighted by Gasteiger charge is -2.33. The summed E-state index contributed by atoms with van der Waals surface area (Å²) in [6, 6.07) is 52.6. The molecule has 0 radical (unpaired) electrons. The van der Waals surface area contributed by atoms with E-state index in [2.05, 4.69) is 166 Å². The Labute approximate surface area is 247 Å². The van der Waals surface area contributed by atoms with E-state index < -0.39 is 0 Å². The van der Waals surface area contributed by atoms with Gasteiger partial charge in [0, 0.05) is 49.2 Å². The Kier molecular flexibility index (Phi) is 5.13. The fourth-order valence-electron chi connectivity index (χ4n) is 6.44. The summed E-state index contributed by atoms with van der Waals surface area (Å²) in [7, 11) is 0. The molecule has 198 valence electrons. The Morgan fingerprint density at radius 2 is 1.10 bits per heavy atom. The number of nitrogens with zero attached hydrogens (tertiary/aromatic N) is 3. The lowest BCUT2D eigenvalue weighted by Crippen LogP contribution is -2.15. The topological polar surface area (TPSA) is 13.1 Å². The average molecular weight is 556 g/mol. The standard InChI is InChI=1S/C38H25N3S/c1-2-11-27(12-3-1)39-22-21-26-23-31-30-15-4-5-16-32(30)40(36(31)25-35(26)39)28-13-10-14-29(24-28)41-33-17-6-8-19-37(33)42-38-20-9-7-18-34(38)41/h1-25H. The van der Waals surface area contributed by atoms with E-state index in [1.165, 1.54) is 53.9 Å². The molecule has 8 aromatic rings. The molecule has 42 heavy (non-hydrogen) atoms. The molecule has 2 aromatic heterocycles. The van der Waals surface area contributed by atoms with Gasteiger partial charge in [-0.3, -0.25) is 0 Å². The Balaban J connectivity index is 1.29. The van der Waals surface area contributed by atoms with Crippen molar-refractivity contribution < 1.29 is 0 Å². The van der Waals surface area contributed by atoms with Crippen LogP contribution in [0.5, 0.6) is 0 Å². The molecule has 6 aromatic carbocycles. The van der Waals surface area contributed by atoms with Crippen LogP contribution in [0.25, 0.3) is 44.1 Å². The Morgan fingerprint density at radius 1 is 0.429 bits per heavy atom. The predicted molar refractivity (Wildman–Crippen MR) is 176 cm³/mol. The minimum Gasteiger partial charge on any atom is -0.316 e. The van der Waals surface area contributed by atoms with E-state index in [0.717, 1.165) is 17.1 Å². The number of hydrogen-bond acceptors (Lipinski definition) is 2. The highest BCUT2D eigenvalue weighted by molar-refractivity contribution is 7.99. The summed E-state index contributed by atoms with van der Waals surface area (Å²) >= 11 is 1.84. The predicted octanol–water partition coefficient (Wildman–Crippen LogP) is 10.7. The van der Waals surface area contributed by atoms with E-state index in [0.29, 0.717) is 0 Å². The van der Waals surface area contributed by atoms with Crippen LogP contribution in [-0.4, -0.2) is 9.13 Å². The van der Waals surface area contributed by atoms with Crippen molar-refractivity contribution >= 4 is 61.5 Å². The van der Waals surface area contributed by atoms with Crippen molar-refractivity contribution in [1.82, 2.24) is 9.13 Å². The normalized spacial score (nSPS) is 12.6. The molecule has 3 nitrogen and oxygen atoms in total. The van der Waals surface area contributed by atoms with Crippen LogP contribution in [0.3, 0.4) is 0 Å². The molecular weight excluding hydrogens is 531 g/mol. The molecule has 0 N–H and O–H groups in total. The summed E-state index contributed by atoms with van der Waals surface area (Å²) in [5.41, 5.74) is 9.48. The smallest absolute Gasteiger partial charge is 0.0601 e. The van der Waals surface area contributed by atoms with Crippen molar-refractivity contribution in [2.24, 2.45) is 0 Å². The maximum Gasteiger partial charge on any atom is 0.0601 e. The summed E-state index contributed by atoms with van der Waals surface area (Å²) in [4.78, 5) is 4.93. The lowest BCUT2D eigenvalue weighted by molar-refractivity contribution is 1.12. The molecule has 0 spiro atoms. The first-order chi connectivity index (χ1) is 20.8. The van der Waals surface area contributed by atoms with Gasteiger partial charge in [0.15, 0.2) is 0 Å². The largest absolute Gasteiger partial charge is 0.316 e. The number of aromatic nitrogens is 2. The van der Waals surface area contributed by atoms with Gasteiger partial charge < -0.3 is 14.0 Å². The number of para-hydroxylation sites is 4. The summed E-state index contributed by atoms with van der Waals surface area (Å²) in [6.45, 7) is 0. The molecule has 4 heteroatoms. The fourth-order valence-corrected chi connectivity index (χ4v) is 7.50. The maximum atomic E-state index is 2.42. The summed E-state index contributed by atoms with van der Waals surface area (Å²) in [5, 5.41) is 3.76. The zero-order valence-corrected chi connectivity index (χ0v) is 23.5. The lowest BCUT2D eigenvalue weighted by atomic mass is 10.1. The van der Waals surface area contributed by atoms with Crippen molar-refractivity contribution in [1.29, 1.82) is 0 Å². The highest BCUT2D eigenvalue weighted by atomic mass is 32.2. The first kappa shape index (κ1) is 23.5. The minimum atomic E-state index is 1.14. The van der Waals surface area contributed by atoms with E-state index in [1.54, 1.807) is 0 Å². The van der Waals surface area contributed by atoms with E-state index in [9.17, 15) is 0 Å². The van der Waals surface area contributed by atoms with E-state index >= 15 is 0 Å². The van der Waals surface area contributed by atoms with Crippen molar-refractivity contribution in [3.05, 3.63) is 152 Å². The summed E-state index contributed by atoms with van der Waals surface area (Å²) in [5.74, 6) is 0. The van der Waals surface area contributed by atoms with E-state index in [-0.39, 0.29) is 0 Å². The van der Waals surface area contributed by atoms with Crippen LogP contribution in [-0.2, 0) is 0 Å². The number of anilines is 3. The minimum absolute atomic E-state index is 1.14. The molecule has 0 amide bonds. The second-order valence-electron chi connectivity index (χ2n) is 10.7. The van der Waals surface area contributed by atoms with Gasteiger partial charge in [0.05, 0.1) is 27.9 Å². The molecule has 0 saturated heterocycles. The third kappa shape index (κ3) is 3.49. The second-order valence-corrected chi connectivity index (χ2v) is 11.8. The van der Waals surface area contributed by atoms with E-state index in [4.69, 9.17) is 0 Å². The van der Waals surface area contributed by atoms with Gasteiger partial charge in [0.2, 0.25) is 0 Å². The zero-order chi connectivity index (χ0) is 27.6. The van der Waals surface area contributed by atoms with Gasteiger partial charge in [-0.05, 0) is 78.9 Å². The monoisotopic (exact) mass is 555 g/mol. The number of benzene rings is 6. The second kappa shape index (κ2) is 9.16. The molecule has 0 fully saturated rings. The van der Waals surface area contributed by atoms with Gasteiger partial charge in [-0.25, -0.2) is 0 Å². The number of rotatable bonds is 3. The van der Waals surface area contributed by atoms with Crippen LogP contribution in [0, 0.1) is 0 Å². The summed E-state index contributed by atoms with van der Waals surface area (Å²) < 4.78 is 4.71. The quantitative estimate of drug-likeness (QED) is 0.215. The molecule has 0 saturated carbocycles. The van der Waals surface area contributed by atoms with Gasteiger partial charge in [-0.15, -0.1) is 0 Å². The van der Waals surface area contributed by atoms with Crippen molar-refractivity contribution in [2.75, 3.05) is 4.90 Å². The molecule has 0 aliphatic carbocycles. The Hall–Kier alpha value is -5.19. The van der Waals surface area contributed by atoms with Crippen LogP contribution in [0.2, 0.25) is 0 Å². The van der Waals surface area contributed by atoms with Crippen molar-refractivity contribution in [3.8, 4) is 11.4 Å². The highest BCUT2D eigenvalue weighted by Crippen LogP contribution is 2.51. The highest BCUT2D eigenvalue weighted by Gasteiger charge is 2.25. The van der Waals surface area contributed by atoms with Crippen molar-refractivity contribution in [3.63, 3.8) is 0 Å². The van der Waals surface area contributed by atoms with Gasteiger partial charge in [-0.1, -0.05) is 78.5 Å². The average Bonchev–Trinajstić information content (AvgIpc) is 3.61. The van der Waals surface area contributed by atoms with Gasteiger partial charge in [0.1, 0.15) is 0 Å². The molecule has 3 heterocycles. The number of hydrogen-bond donors (Lipinski definition) is 0. The first-order valence-electron chi connectivity index (χ1n) is 14.2. The van der Waals surface area contributed by atoms with Crippen LogP contribution >= 0.6 is 11.8 Å². The molecular formula is C38H25N3S. The van der Waals surface area contributed by atoms with Gasteiger partial charge in [0.25, 0.3) is 0 Å².